The second kappa shape index (κ2) is 6.56. The Bertz CT molecular complexity index is 761. The van der Waals surface area contributed by atoms with Gasteiger partial charge in [0.05, 0.1) is 18.7 Å². The molecule has 1 aliphatic rings. The van der Waals surface area contributed by atoms with Gasteiger partial charge in [-0.1, -0.05) is 12.1 Å². The number of benzene rings is 1. The van der Waals surface area contributed by atoms with E-state index in [1.54, 1.807) is 31.9 Å². The fourth-order valence-corrected chi connectivity index (χ4v) is 3.71. The molecule has 1 saturated heterocycles. The number of furan rings is 1. The minimum atomic E-state index is -1.13. The van der Waals surface area contributed by atoms with Gasteiger partial charge in [0.1, 0.15) is 22.9 Å². The van der Waals surface area contributed by atoms with Gasteiger partial charge in [-0.15, -0.1) is 0 Å². The van der Waals surface area contributed by atoms with Crippen LogP contribution in [-0.2, 0) is 5.60 Å². The first-order valence-electron chi connectivity index (χ1n) is 8.59. The van der Waals surface area contributed by atoms with Crippen molar-refractivity contribution in [2.45, 2.75) is 45.3 Å². The van der Waals surface area contributed by atoms with Gasteiger partial charge in [-0.2, -0.15) is 0 Å². The third kappa shape index (κ3) is 3.16. The number of ether oxygens (including phenoxy) is 1. The van der Waals surface area contributed by atoms with Crippen LogP contribution in [0.3, 0.4) is 0 Å². The number of aliphatic hydroxyl groups is 1. The van der Waals surface area contributed by atoms with E-state index in [0.717, 1.165) is 29.9 Å². The summed E-state index contributed by atoms with van der Waals surface area (Å²) in [5.41, 5.74) is 0.221. The lowest BCUT2D eigenvalue weighted by Gasteiger charge is -2.37. The topological polar surface area (TPSA) is 62.9 Å². The van der Waals surface area contributed by atoms with E-state index in [-0.39, 0.29) is 11.9 Å². The molecular weight excluding hydrogens is 318 g/mol. The number of carbonyl (C=O) groups excluding carboxylic acids is 1. The number of carbonyl (C=O) groups is 1. The summed E-state index contributed by atoms with van der Waals surface area (Å²) in [6, 6.07) is 8.86. The molecule has 5 heteroatoms. The first-order valence-corrected chi connectivity index (χ1v) is 8.59. The Morgan fingerprint density at radius 3 is 2.56 bits per heavy atom. The number of methoxy groups -OCH3 is 1. The van der Waals surface area contributed by atoms with Gasteiger partial charge in [0.15, 0.2) is 0 Å². The van der Waals surface area contributed by atoms with Crippen molar-refractivity contribution in [1.82, 2.24) is 4.90 Å². The lowest BCUT2D eigenvalue weighted by molar-refractivity contribution is -0.0177. The fourth-order valence-electron chi connectivity index (χ4n) is 3.71. The van der Waals surface area contributed by atoms with Crippen molar-refractivity contribution in [1.29, 1.82) is 0 Å². The molecule has 1 amide bonds. The largest absolute Gasteiger partial charge is 0.497 e. The molecule has 1 aromatic carbocycles. The third-order valence-electron chi connectivity index (χ3n) is 5.11. The molecule has 2 atom stereocenters. The second-order valence-electron chi connectivity index (χ2n) is 6.86. The maximum absolute atomic E-state index is 13.0. The van der Waals surface area contributed by atoms with Crippen LogP contribution in [0.2, 0.25) is 0 Å². The summed E-state index contributed by atoms with van der Waals surface area (Å²) in [4.78, 5) is 14.8. The van der Waals surface area contributed by atoms with Crippen LogP contribution in [-0.4, -0.2) is 35.6 Å². The minimum absolute atomic E-state index is 0.0781. The van der Waals surface area contributed by atoms with Crippen LogP contribution in [0.5, 0.6) is 5.75 Å². The van der Waals surface area contributed by atoms with E-state index >= 15 is 0 Å². The summed E-state index contributed by atoms with van der Waals surface area (Å²) in [5.74, 6) is 2.00. The summed E-state index contributed by atoms with van der Waals surface area (Å²) in [5, 5.41) is 11.2. The Morgan fingerprint density at radius 2 is 2.00 bits per heavy atom. The molecule has 0 unspecified atom stereocenters. The lowest BCUT2D eigenvalue weighted by Crippen LogP contribution is -2.48. The van der Waals surface area contributed by atoms with Crippen LogP contribution in [0.1, 0.15) is 47.2 Å². The standard InChI is InChI=1S/C20H25NO4/c1-13-12-17(14(2)25-13)19(22)21-11-5-6-18(21)20(3,23)15-7-9-16(24-4)10-8-15/h7-10,12,18,23H,5-6,11H2,1-4H3/t18-,20-/m0/s1. The first-order chi connectivity index (χ1) is 11.8. The van der Waals surface area contributed by atoms with Gasteiger partial charge in [-0.25, -0.2) is 0 Å². The van der Waals surface area contributed by atoms with Crippen molar-refractivity contribution in [3.8, 4) is 5.75 Å². The average Bonchev–Trinajstić information content (AvgIpc) is 3.21. The van der Waals surface area contributed by atoms with Gasteiger partial charge in [-0.3, -0.25) is 4.79 Å². The van der Waals surface area contributed by atoms with Crippen LogP contribution < -0.4 is 4.74 Å². The number of nitrogens with zero attached hydrogens (tertiary/aromatic N) is 1. The van der Waals surface area contributed by atoms with Crippen molar-refractivity contribution in [3.05, 3.63) is 53.0 Å². The third-order valence-corrected chi connectivity index (χ3v) is 5.11. The number of hydrogen-bond acceptors (Lipinski definition) is 4. The van der Waals surface area contributed by atoms with E-state index in [4.69, 9.17) is 9.15 Å². The second-order valence-corrected chi connectivity index (χ2v) is 6.86. The van der Waals surface area contributed by atoms with Gasteiger partial charge >= 0.3 is 0 Å². The summed E-state index contributed by atoms with van der Waals surface area (Å²) in [6.45, 7) is 6.05. The van der Waals surface area contributed by atoms with Crippen LogP contribution in [0.4, 0.5) is 0 Å². The van der Waals surface area contributed by atoms with E-state index in [1.165, 1.54) is 0 Å². The highest BCUT2D eigenvalue weighted by molar-refractivity contribution is 5.95. The molecule has 0 radical (unpaired) electrons. The van der Waals surface area contributed by atoms with Crippen molar-refractivity contribution in [2.24, 2.45) is 0 Å². The number of aryl methyl sites for hydroxylation is 2. The summed E-state index contributed by atoms with van der Waals surface area (Å²) in [6.07, 6.45) is 1.64. The number of rotatable bonds is 4. The SMILES string of the molecule is COc1ccc([C@](C)(O)[C@@H]2CCCN2C(=O)c2cc(C)oc2C)cc1. The maximum atomic E-state index is 13.0. The van der Waals surface area contributed by atoms with Crippen molar-refractivity contribution >= 4 is 5.91 Å². The number of hydrogen-bond donors (Lipinski definition) is 1. The molecule has 2 heterocycles. The van der Waals surface area contributed by atoms with Gasteiger partial charge in [-0.05, 0) is 57.4 Å². The quantitative estimate of drug-likeness (QED) is 0.924. The lowest BCUT2D eigenvalue weighted by atomic mass is 9.86. The fraction of sp³-hybridized carbons (Fsp3) is 0.450. The van der Waals surface area contributed by atoms with Crippen LogP contribution >= 0.6 is 0 Å². The summed E-state index contributed by atoms with van der Waals surface area (Å²) >= 11 is 0. The first kappa shape index (κ1) is 17.5. The van der Waals surface area contributed by atoms with E-state index in [9.17, 15) is 9.90 Å². The highest BCUT2D eigenvalue weighted by Crippen LogP contribution is 2.36. The minimum Gasteiger partial charge on any atom is -0.497 e. The molecule has 1 aliphatic heterocycles. The molecule has 1 fully saturated rings. The zero-order chi connectivity index (χ0) is 18.2. The monoisotopic (exact) mass is 343 g/mol. The molecule has 0 bridgehead atoms. The van der Waals surface area contributed by atoms with E-state index in [2.05, 4.69) is 0 Å². The van der Waals surface area contributed by atoms with Crippen molar-refractivity contribution in [3.63, 3.8) is 0 Å². The van der Waals surface area contributed by atoms with E-state index in [1.807, 2.05) is 31.2 Å². The highest BCUT2D eigenvalue weighted by atomic mass is 16.5. The molecule has 0 aliphatic carbocycles. The molecule has 5 nitrogen and oxygen atoms in total. The Hall–Kier alpha value is -2.27. The Morgan fingerprint density at radius 1 is 1.32 bits per heavy atom. The summed E-state index contributed by atoms with van der Waals surface area (Å²) in [7, 11) is 1.61. The van der Waals surface area contributed by atoms with E-state index in [0.29, 0.717) is 17.9 Å². The van der Waals surface area contributed by atoms with Gasteiger partial charge in [0, 0.05) is 6.54 Å². The molecule has 134 valence electrons. The molecule has 1 aromatic heterocycles. The van der Waals surface area contributed by atoms with Crippen molar-refractivity contribution in [2.75, 3.05) is 13.7 Å². The zero-order valence-corrected chi connectivity index (χ0v) is 15.2. The predicted molar refractivity (Wildman–Crippen MR) is 94.8 cm³/mol. The van der Waals surface area contributed by atoms with Crippen LogP contribution in [0.25, 0.3) is 0 Å². The normalized spacial score (nSPS) is 19.7. The molecule has 25 heavy (non-hydrogen) atoms. The Labute approximate surface area is 148 Å². The molecule has 0 spiro atoms. The van der Waals surface area contributed by atoms with Gasteiger partial charge in [0.25, 0.3) is 5.91 Å². The Kier molecular flexibility index (Phi) is 4.60. The number of amides is 1. The highest BCUT2D eigenvalue weighted by Gasteiger charge is 2.43. The predicted octanol–water partition coefficient (Wildman–Crippen LogP) is 3.42. The molecule has 2 aromatic rings. The van der Waals surface area contributed by atoms with Crippen molar-refractivity contribution < 1.29 is 19.1 Å². The summed E-state index contributed by atoms with van der Waals surface area (Å²) < 4.78 is 10.7. The maximum Gasteiger partial charge on any atom is 0.257 e. The van der Waals surface area contributed by atoms with Gasteiger partial charge < -0.3 is 19.2 Å². The zero-order valence-electron chi connectivity index (χ0n) is 15.2. The van der Waals surface area contributed by atoms with Crippen LogP contribution in [0.15, 0.2) is 34.7 Å². The smallest absolute Gasteiger partial charge is 0.257 e. The van der Waals surface area contributed by atoms with Gasteiger partial charge in [0.2, 0.25) is 0 Å². The number of likely N-dealkylation sites (tertiary alicyclic amines) is 1. The van der Waals surface area contributed by atoms with E-state index < -0.39 is 5.60 Å². The molecule has 0 saturated carbocycles. The molecule has 3 rings (SSSR count). The Balaban J connectivity index is 1.89. The van der Waals surface area contributed by atoms with Crippen LogP contribution in [0, 0.1) is 13.8 Å². The molecular formula is C20H25NO4. The molecule has 1 N–H and O–H groups in total. The average molecular weight is 343 g/mol.